The van der Waals surface area contributed by atoms with Gasteiger partial charge in [-0.25, -0.2) is 0 Å². The van der Waals surface area contributed by atoms with Gasteiger partial charge in [-0.2, -0.15) is 0 Å². The highest BCUT2D eigenvalue weighted by Gasteiger charge is 2.35. The summed E-state index contributed by atoms with van der Waals surface area (Å²) < 4.78 is 0. The maximum atomic E-state index is 11.6. The number of non-ortho nitro benzene ring substituents is 1. The van der Waals surface area contributed by atoms with Crippen LogP contribution in [0.5, 0.6) is 0 Å². The van der Waals surface area contributed by atoms with E-state index in [9.17, 15) is 19.8 Å². The Morgan fingerprint density at radius 3 is 2.58 bits per heavy atom. The van der Waals surface area contributed by atoms with Crippen molar-refractivity contribution in [1.29, 1.82) is 0 Å². The Balaban J connectivity index is 2.42. The Kier molecular flexibility index (Phi) is 2.28. The molecule has 0 bridgehead atoms. The molecule has 0 saturated carbocycles. The van der Waals surface area contributed by atoms with E-state index in [1.165, 1.54) is 6.07 Å². The van der Waals surface area contributed by atoms with Crippen molar-refractivity contribution in [1.82, 2.24) is 0 Å². The fourth-order valence-electron chi connectivity index (χ4n) is 2.32. The Labute approximate surface area is 106 Å². The predicted octanol–water partition coefficient (Wildman–Crippen LogP) is 2.51. The molecular formula is C12H7N3O4. The zero-order valence-corrected chi connectivity index (χ0v) is 9.49. The molecule has 1 N–H and O–H groups in total. The van der Waals surface area contributed by atoms with Crippen LogP contribution in [0.3, 0.4) is 0 Å². The van der Waals surface area contributed by atoms with Gasteiger partial charge in [-0.1, -0.05) is 23.4 Å². The van der Waals surface area contributed by atoms with Crippen molar-refractivity contribution in [2.45, 2.75) is 6.04 Å². The van der Waals surface area contributed by atoms with Crippen LogP contribution in [0.15, 0.2) is 35.5 Å². The molecule has 1 atom stereocenters. The van der Waals surface area contributed by atoms with Gasteiger partial charge in [0.1, 0.15) is 0 Å². The first-order valence-electron chi connectivity index (χ1n) is 5.47. The minimum Gasteiger partial charge on any atom is -0.323 e. The van der Waals surface area contributed by atoms with E-state index in [0.717, 1.165) is 0 Å². The number of carbonyl (C=O) groups is 1. The number of hydrogen-bond acceptors (Lipinski definition) is 5. The van der Waals surface area contributed by atoms with E-state index >= 15 is 0 Å². The molecule has 0 saturated heterocycles. The highest BCUT2D eigenvalue weighted by Crippen LogP contribution is 2.42. The van der Waals surface area contributed by atoms with Gasteiger partial charge < -0.3 is 5.32 Å². The van der Waals surface area contributed by atoms with E-state index in [4.69, 9.17) is 0 Å². The van der Waals surface area contributed by atoms with Gasteiger partial charge in [0.25, 0.3) is 11.6 Å². The molecule has 1 aliphatic rings. The lowest BCUT2D eigenvalue weighted by Gasteiger charge is -2.06. The number of fused-ring (bicyclic) bond motifs is 3. The van der Waals surface area contributed by atoms with Crippen LogP contribution < -0.4 is 5.32 Å². The van der Waals surface area contributed by atoms with Crippen molar-refractivity contribution < 1.29 is 9.72 Å². The molecule has 1 heterocycles. The van der Waals surface area contributed by atoms with Crippen molar-refractivity contribution in [2.75, 3.05) is 5.32 Å². The van der Waals surface area contributed by atoms with E-state index < -0.39 is 16.9 Å². The van der Waals surface area contributed by atoms with Crippen molar-refractivity contribution in [3.63, 3.8) is 0 Å². The van der Waals surface area contributed by atoms with E-state index in [0.29, 0.717) is 16.5 Å². The summed E-state index contributed by atoms with van der Waals surface area (Å²) in [6.45, 7) is 0. The Morgan fingerprint density at radius 2 is 1.95 bits per heavy atom. The first-order chi connectivity index (χ1) is 9.13. The molecular weight excluding hydrogens is 250 g/mol. The Hall–Kier alpha value is -2.83. The van der Waals surface area contributed by atoms with Gasteiger partial charge in [0.15, 0.2) is 6.04 Å². The van der Waals surface area contributed by atoms with E-state index in [1.54, 1.807) is 24.3 Å². The molecule has 7 nitrogen and oxygen atoms in total. The largest absolute Gasteiger partial charge is 0.323 e. The maximum Gasteiger partial charge on any atom is 0.277 e. The average Bonchev–Trinajstić information content (AvgIpc) is 2.73. The number of nitro groups is 1. The zero-order valence-electron chi connectivity index (χ0n) is 9.49. The summed E-state index contributed by atoms with van der Waals surface area (Å²) in [7, 11) is 0. The van der Waals surface area contributed by atoms with Gasteiger partial charge in [-0.3, -0.25) is 14.9 Å². The van der Waals surface area contributed by atoms with Crippen LogP contribution in [0.2, 0.25) is 0 Å². The number of nitrogens with zero attached hydrogens (tertiary/aromatic N) is 2. The lowest BCUT2D eigenvalue weighted by molar-refractivity contribution is -0.383. The summed E-state index contributed by atoms with van der Waals surface area (Å²) in [6.07, 6.45) is 0. The number of nitroso groups, excluding NO2 is 1. The monoisotopic (exact) mass is 257 g/mol. The van der Waals surface area contributed by atoms with Gasteiger partial charge in [0.05, 0.1) is 16.0 Å². The van der Waals surface area contributed by atoms with Crippen molar-refractivity contribution in [3.8, 4) is 0 Å². The number of nitro benzene ring substituents is 1. The number of rotatable bonds is 2. The highest BCUT2D eigenvalue weighted by atomic mass is 16.6. The number of benzene rings is 2. The van der Waals surface area contributed by atoms with Crippen LogP contribution in [0, 0.1) is 15.0 Å². The molecule has 94 valence electrons. The lowest BCUT2D eigenvalue weighted by Crippen LogP contribution is -2.09. The van der Waals surface area contributed by atoms with Gasteiger partial charge in [-0.05, 0) is 6.07 Å². The summed E-state index contributed by atoms with van der Waals surface area (Å²) >= 11 is 0. The molecule has 2 aromatic carbocycles. The Morgan fingerprint density at radius 1 is 1.26 bits per heavy atom. The quantitative estimate of drug-likeness (QED) is 0.507. The summed E-state index contributed by atoms with van der Waals surface area (Å²) in [5.74, 6) is -0.560. The molecule has 0 fully saturated rings. The zero-order chi connectivity index (χ0) is 13.6. The molecule has 19 heavy (non-hydrogen) atoms. The van der Waals surface area contributed by atoms with Crippen LogP contribution in [0.4, 0.5) is 11.4 Å². The third kappa shape index (κ3) is 1.48. The minimum atomic E-state index is -1.22. The SMILES string of the molecule is O=NC1C(=O)Nc2c1cc([N+](=O)[O-])c1ccccc21. The maximum absolute atomic E-state index is 11.6. The van der Waals surface area contributed by atoms with Crippen molar-refractivity contribution >= 4 is 28.1 Å². The fourth-order valence-corrected chi connectivity index (χ4v) is 2.32. The van der Waals surface area contributed by atoms with Crippen LogP contribution in [0.1, 0.15) is 11.6 Å². The first kappa shape index (κ1) is 11.3. The smallest absolute Gasteiger partial charge is 0.277 e. The number of hydrogen-bond donors (Lipinski definition) is 1. The molecule has 3 rings (SSSR count). The molecule has 0 aromatic heterocycles. The van der Waals surface area contributed by atoms with Gasteiger partial charge in [0, 0.05) is 17.0 Å². The van der Waals surface area contributed by atoms with E-state index in [-0.39, 0.29) is 11.3 Å². The molecule has 0 radical (unpaired) electrons. The summed E-state index contributed by atoms with van der Waals surface area (Å²) in [5, 5.41) is 17.3. The van der Waals surface area contributed by atoms with Gasteiger partial charge >= 0.3 is 0 Å². The van der Waals surface area contributed by atoms with E-state index in [1.807, 2.05) is 0 Å². The standard InChI is InChI=1S/C12H7N3O4/c16-12-11(14-17)8-5-9(15(18)19)6-3-1-2-4-7(6)10(8)13-12/h1-5,11H,(H,13,16). The molecule has 1 amide bonds. The van der Waals surface area contributed by atoms with Crippen molar-refractivity contribution in [3.05, 3.63) is 50.9 Å². The second-order valence-electron chi connectivity index (χ2n) is 4.16. The third-order valence-corrected chi connectivity index (χ3v) is 3.15. The topological polar surface area (TPSA) is 102 Å². The second-order valence-corrected chi connectivity index (χ2v) is 4.16. The fraction of sp³-hybridized carbons (Fsp3) is 0.0833. The summed E-state index contributed by atoms with van der Waals surface area (Å²) in [6, 6.07) is 6.66. The first-order valence-corrected chi connectivity index (χ1v) is 5.47. The molecule has 0 aliphatic carbocycles. The molecule has 0 spiro atoms. The number of carbonyl (C=O) groups excluding carboxylic acids is 1. The summed E-state index contributed by atoms with van der Waals surface area (Å²) in [4.78, 5) is 32.9. The third-order valence-electron chi connectivity index (χ3n) is 3.15. The van der Waals surface area contributed by atoms with Crippen LogP contribution in [0.25, 0.3) is 10.8 Å². The molecule has 1 aliphatic heterocycles. The number of anilines is 1. The minimum absolute atomic E-state index is 0.139. The van der Waals surface area contributed by atoms with Gasteiger partial charge in [0.2, 0.25) is 0 Å². The second kappa shape index (κ2) is 3.84. The summed E-state index contributed by atoms with van der Waals surface area (Å²) in [5.41, 5.74) is 0.542. The van der Waals surface area contributed by atoms with Crippen LogP contribution in [-0.4, -0.2) is 10.8 Å². The molecule has 7 heteroatoms. The highest BCUT2D eigenvalue weighted by molar-refractivity contribution is 6.13. The number of amides is 1. The van der Waals surface area contributed by atoms with Crippen LogP contribution in [-0.2, 0) is 4.79 Å². The van der Waals surface area contributed by atoms with Crippen molar-refractivity contribution in [2.24, 2.45) is 5.18 Å². The number of nitrogens with one attached hydrogen (secondary N) is 1. The normalized spacial score (nSPS) is 17.1. The lowest BCUT2D eigenvalue weighted by atomic mass is 10.0. The Bertz CT molecular complexity index is 741. The van der Waals surface area contributed by atoms with E-state index in [2.05, 4.69) is 10.5 Å². The molecule has 1 unspecified atom stereocenters. The predicted molar refractivity (Wildman–Crippen MR) is 67.8 cm³/mol. The van der Waals surface area contributed by atoms with Gasteiger partial charge in [-0.15, -0.1) is 4.91 Å². The van der Waals surface area contributed by atoms with Crippen LogP contribution >= 0.6 is 0 Å². The average molecular weight is 257 g/mol. The molecule has 2 aromatic rings.